The highest BCUT2D eigenvalue weighted by atomic mass is 16.3. The standard InChI is InChI=1S/C43H28N2O/c1-2-12-29(13-3-1)30-23-25-32(26-24-30)45(40-21-8-6-17-35(40)34-19-10-15-31-14-4-5-16-33(31)34)42-37-20-11-27-44-39(37)28-38-36-18-7-9-22-41(36)46-43(38)42/h1-28H. The summed E-state index contributed by atoms with van der Waals surface area (Å²) in [5, 5.41) is 5.57. The topological polar surface area (TPSA) is 29.3 Å². The van der Waals surface area contributed by atoms with Gasteiger partial charge in [-0.25, -0.2) is 0 Å². The molecule has 0 saturated carbocycles. The van der Waals surface area contributed by atoms with Crippen LogP contribution in [0, 0.1) is 0 Å². The Labute approximate surface area is 266 Å². The normalized spacial score (nSPS) is 11.5. The summed E-state index contributed by atoms with van der Waals surface area (Å²) in [6.45, 7) is 0. The first-order chi connectivity index (χ1) is 22.8. The van der Waals surface area contributed by atoms with Gasteiger partial charge in [-0.2, -0.15) is 0 Å². The molecule has 0 aliphatic heterocycles. The smallest absolute Gasteiger partial charge is 0.160 e. The van der Waals surface area contributed by atoms with E-state index in [4.69, 9.17) is 9.40 Å². The maximum absolute atomic E-state index is 6.76. The van der Waals surface area contributed by atoms with E-state index in [-0.39, 0.29) is 0 Å². The Morgan fingerprint density at radius 3 is 2.04 bits per heavy atom. The molecule has 0 N–H and O–H groups in total. The number of para-hydroxylation sites is 2. The molecule has 3 heteroatoms. The van der Waals surface area contributed by atoms with Crippen molar-refractivity contribution in [1.82, 2.24) is 4.98 Å². The molecule has 0 unspecified atom stereocenters. The number of nitrogens with zero attached hydrogens (tertiary/aromatic N) is 2. The van der Waals surface area contributed by atoms with Crippen LogP contribution in [0.3, 0.4) is 0 Å². The highest BCUT2D eigenvalue weighted by molar-refractivity contribution is 6.19. The Kier molecular flexibility index (Phi) is 6.14. The van der Waals surface area contributed by atoms with Gasteiger partial charge in [-0.15, -0.1) is 0 Å². The van der Waals surface area contributed by atoms with Gasteiger partial charge in [-0.1, -0.05) is 121 Å². The number of furan rings is 1. The summed E-state index contributed by atoms with van der Waals surface area (Å²) < 4.78 is 6.76. The minimum atomic E-state index is 0.835. The van der Waals surface area contributed by atoms with E-state index in [2.05, 4.69) is 150 Å². The summed E-state index contributed by atoms with van der Waals surface area (Å²) in [6.07, 6.45) is 1.86. The number of rotatable bonds is 5. The van der Waals surface area contributed by atoms with E-state index in [1.165, 1.54) is 27.5 Å². The van der Waals surface area contributed by atoms with Crippen LogP contribution in [0.25, 0.3) is 65.9 Å². The minimum absolute atomic E-state index is 0.835. The molecule has 0 fully saturated rings. The zero-order valence-corrected chi connectivity index (χ0v) is 25.0. The van der Waals surface area contributed by atoms with E-state index in [9.17, 15) is 0 Å². The lowest BCUT2D eigenvalue weighted by Crippen LogP contribution is -2.12. The van der Waals surface area contributed by atoms with E-state index < -0.39 is 0 Å². The number of fused-ring (bicyclic) bond motifs is 5. The van der Waals surface area contributed by atoms with E-state index in [1.807, 2.05) is 24.4 Å². The van der Waals surface area contributed by atoms with E-state index in [0.29, 0.717) is 0 Å². The SMILES string of the molecule is c1ccc(-c2ccc(N(c3ccccc3-c3cccc4ccccc34)c3c4cccnc4cc4c3oc3ccccc34)cc2)cc1. The average molecular weight is 589 g/mol. The first-order valence-electron chi connectivity index (χ1n) is 15.6. The molecule has 7 aromatic carbocycles. The van der Waals surface area contributed by atoms with Crippen molar-refractivity contribution >= 4 is 60.7 Å². The largest absolute Gasteiger partial charge is 0.454 e. The highest BCUT2D eigenvalue weighted by Gasteiger charge is 2.25. The van der Waals surface area contributed by atoms with Crippen LogP contribution in [-0.2, 0) is 0 Å². The zero-order chi connectivity index (χ0) is 30.5. The van der Waals surface area contributed by atoms with E-state index in [1.54, 1.807) is 0 Å². The maximum Gasteiger partial charge on any atom is 0.160 e. The molecule has 0 saturated heterocycles. The molecule has 0 aliphatic rings. The van der Waals surface area contributed by atoms with Crippen molar-refractivity contribution in [2.45, 2.75) is 0 Å². The fraction of sp³-hybridized carbons (Fsp3) is 0. The Hall–Kier alpha value is -6.19. The lowest BCUT2D eigenvalue weighted by atomic mass is 9.95. The monoisotopic (exact) mass is 588 g/mol. The molecular weight excluding hydrogens is 560 g/mol. The summed E-state index contributed by atoms with van der Waals surface area (Å²) >= 11 is 0. The van der Waals surface area contributed by atoms with Gasteiger partial charge in [0.15, 0.2) is 5.58 Å². The van der Waals surface area contributed by atoms with Gasteiger partial charge in [-0.3, -0.25) is 4.98 Å². The first kappa shape index (κ1) is 26.2. The predicted octanol–water partition coefficient (Wildman–Crippen LogP) is 12.1. The number of anilines is 3. The molecule has 0 spiro atoms. The van der Waals surface area contributed by atoms with Gasteiger partial charge in [0.2, 0.25) is 0 Å². The fourth-order valence-electron chi connectivity index (χ4n) is 6.78. The Morgan fingerprint density at radius 1 is 0.478 bits per heavy atom. The van der Waals surface area contributed by atoms with Gasteiger partial charge in [0, 0.05) is 33.6 Å². The molecule has 0 amide bonds. The fourth-order valence-corrected chi connectivity index (χ4v) is 6.78. The summed E-state index contributed by atoms with van der Waals surface area (Å²) in [4.78, 5) is 7.22. The third-order valence-electron chi connectivity index (χ3n) is 8.90. The van der Waals surface area contributed by atoms with Crippen molar-refractivity contribution in [2.24, 2.45) is 0 Å². The molecule has 2 aromatic heterocycles. The summed E-state index contributed by atoms with van der Waals surface area (Å²) in [6, 6.07) is 57.8. The Bertz CT molecular complexity index is 2530. The molecule has 0 bridgehead atoms. The molecular formula is C43H28N2O. The second-order valence-electron chi connectivity index (χ2n) is 11.6. The highest BCUT2D eigenvalue weighted by Crippen LogP contribution is 2.49. The molecule has 9 aromatic rings. The molecule has 0 atom stereocenters. The van der Waals surface area contributed by atoms with Crippen LogP contribution in [0.5, 0.6) is 0 Å². The van der Waals surface area contributed by atoms with Crippen LogP contribution in [0.15, 0.2) is 174 Å². The van der Waals surface area contributed by atoms with Crippen LogP contribution >= 0.6 is 0 Å². The maximum atomic E-state index is 6.76. The molecule has 3 nitrogen and oxygen atoms in total. The number of pyridine rings is 1. The van der Waals surface area contributed by atoms with E-state index in [0.717, 1.165) is 55.5 Å². The zero-order valence-electron chi connectivity index (χ0n) is 25.0. The molecule has 2 heterocycles. The van der Waals surface area contributed by atoms with Crippen molar-refractivity contribution in [2.75, 3.05) is 4.90 Å². The third kappa shape index (κ3) is 4.25. The summed E-state index contributed by atoms with van der Waals surface area (Å²) in [5.41, 5.74) is 10.3. The number of aromatic nitrogens is 1. The average Bonchev–Trinajstić information content (AvgIpc) is 3.50. The van der Waals surface area contributed by atoms with Crippen molar-refractivity contribution in [1.29, 1.82) is 0 Å². The molecule has 216 valence electrons. The van der Waals surface area contributed by atoms with Crippen molar-refractivity contribution in [3.05, 3.63) is 170 Å². The molecule has 0 aliphatic carbocycles. The van der Waals surface area contributed by atoms with Gasteiger partial charge >= 0.3 is 0 Å². The number of hydrogen-bond acceptors (Lipinski definition) is 3. The van der Waals surface area contributed by atoms with Gasteiger partial charge in [-0.05, 0) is 69.9 Å². The molecule has 46 heavy (non-hydrogen) atoms. The predicted molar refractivity (Wildman–Crippen MR) is 192 cm³/mol. The van der Waals surface area contributed by atoms with Gasteiger partial charge in [0.25, 0.3) is 0 Å². The Balaban J connectivity index is 1.38. The quantitative estimate of drug-likeness (QED) is 0.200. The van der Waals surface area contributed by atoms with E-state index >= 15 is 0 Å². The number of benzene rings is 7. The second kappa shape index (κ2) is 10.8. The third-order valence-corrected chi connectivity index (χ3v) is 8.90. The van der Waals surface area contributed by atoms with Crippen LogP contribution in [0.2, 0.25) is 0 Å². The summed E-state index contributed by atoms with van der Waals surface area (Å²) in [5.74, 6) is 0. The van der Waals surface area contributed by atoms with Gasteiger partial charge < -0.3 is 9.32 Å². The van der Waals surface area contributed by atoms with Gasteiger partial charge in [0.05, 0.1) is 16.9 Å². The number of hydrogen-bond donors (Lipinski definition) is 0. The van der Waals surface area contributed by atoms with Crippen LogP contribution in [-0.4, -0.2) is 4.98 Å². The minimum Gasteiger partial charge on any atom is -0.454 e. The van der Waals surface area contributed by atoms with Crippen LogP contribution in [0.1, 0.15) is 0 Å². The van der Waals surface area contributed by atoms with Crippen LogP contribution in [0.4, 0.5) is 17.1 Å². The first-order valence-corrected chi connectivity index (χ1v) is 15.6. The molecule has 9 rings (SSSR count). The van der Waals surface area contributed by atoms with Crippen molar-refractivity contribution < 1.29 is 4.42 Å². The lowest BCUT2D eigenvalue weighted by molar-refractivity contribution is 0.669. The van der Waals surface area contributed by atoms with Gasteiger partial charge in [0.1, 0.15) is 5.58 Å². The lowest BCUT2D eigenvalue weighted by Gasteiger charge is -2.29. The van der Waals surface area contributed by atoms with Crippen molar-refractivity contribution in [3.63, 3.8) is 0 Å². The summed E-state index contributed by atoms with van der Waals surface area (Å²) in [7, 11) is 0. The second-order valence-corrected chi connectivity index (χ2v) is 11.6. The Morgan fingerprint density at radius 2 is 1.15 bits per heavy atom. The molecule has 0 radical (unpaired) electrons. The van der Waals surface area contributed by atoms with Crippen molar-refractivity contribution in [3.8, 4) is 22.3 Å². The van der Waals surface area contributed by atoms with Crippen LogP contribution < -0.4 is 4.90 Å².